The van der Waals surface area contributed by atoms with Gasteiger partial charge in [0.15, 0.2) is 0 Å². The molecule has 6 heteroatoms. The molecule has 0 unspecified atom stereocenters. The van der Waals surface area contributed by atoms with Crippen molar-refractivity contribution in [3.8, 4) is 0 Å². The van der Waals surface area contributed by atoms with Crippen molar-refractivity contribution in [1.82, 2.24) is 6.23 Å². The van der Waals surface area contributed by atoms with Crippen LogP contribution >= 0.6 is 0 Å². The van der Waals surface area contributed by atoms with Crippen LogP contribution in [0.15, 0.2) is 35.7 Å². The van der Waals surface area contributed by atoms with Gasteiger partial charge in [-0.3, -0.25) is 0 Å². The first-order valence-corrected chi connectivity index (χ1v) is 12.8. The van der Waals surface area contributed by atoms with Gasteiger partial charge in [0.1, 0.15) is 0 Å². The van der Waals surface area contributed by atoms with Crippen LogP contribution in [0.1, 0.15) is 47.4 Å². The first-order valence-electron chi connectivity index (χ1n) is 7.85. The zero-order valence-electron chi connectivity index (χ0n) is 13.3. The molecule has 1 heterocycles. The van der Waals surface area contributed by atoms with Gasteiger partial charge >= 0.3 is 159 Å². The predicted octanol–water partition coefficient (Wildman–Crippen LogP) is -3.32. The van der Waals surface area contributed by atoms with Crippen molar-refractivity contribution in [2.24, 2.45) is 0 Å². The van der Waals surface area contributed by atoms with Gasteiger partial charge < -0.3 is 0 Å². The van der Waals surface area contributed by atoms with E-state index in [-0.39, 0.29) is 54.5 Å². The Morgan fingerprint density at radius 3 is 1.70 bits per heavy atom. The molecule has 23 heavy (non-hydrogen) atoms. The Balaban J connectivity index is 2.01. The molecule has 0 spiro atoms. The summed E-state index contributed by atoms with van der Waals surface area (Å²) in [7, 11) is 0. The van der Waals surface area contributed by atoms with Crippen molar-refractivity contribution in [2.75, 3.05) is 15.5 Å². The quantitative estimate of drug-likeness (QED) is 0.216. The number of hydrogen-bond donors (Lipinski definition) is 0. The van der Waals surface area contributed by atoms with Crippen LogP contribution in [0.2, 0.25) is 0 Å². The zero-order chi connectivity index (χ0) is 16.4. The Kier molecular flexibility index (Phi) is 5.61. The summed E-state index contributed by atoms with van der Waals surface area (Å²) < 4.78 is 6.78. The van der Waals surface area contributed by atoms with E-state index < -0.39 is 0 Å². The average molecular weight is 538 g/mol. The Bertz CT molecular complexity index is 617. The number of hydrogen-bond acceptors (Lipinski definition) is 4. The van der Waals surface area contributed by atoms with Crippen LogP contribution in [0.4, 0.5) is 0 Å². The van der Waals surface area contributed by atoms with Crippen molar-refractivity contribution in [1.29, 1.82) is 0 Å². The van der Waals surface area contributed by atoms with Gasteiger partial charge in [-0.25, -0.2) is 0 Å². The van der Waals surface area contributed by atoms with E-state index in [1.165, 1.54) is 0 Å². The van der Waals surface area contributed by atoms with Crippen molar-refractivity contribution in [3.05, 3.63) is 46.8 Å². The van der Waals surface area contributed by atoms with Gasteiger partial charge in [0, 0.05) is 0 Å². The fourth-order valence-electron chi connectivity index (χ4n) is 2.62. The molecule has 0 amide bonds. The van der Waals surface area contributed by atoms with Crippen LogP contribution in [0.25, 0.3) is 0 Å². The second-order valence-corrected chi connectivity index (χ2v) is 11.2. The molecular formula is C17H20I2N2O2-2. The van der Waals surface area contributed by atoms with E-state index >= 15 is 0 Å². The molecule has 4 nitrogen and oxygen atoms in total. The second kappa shape index (κ2) is 7.50. The van der Waals surface area contributed by atoms with E-state index in [1.807, 2.05) is 12.1 Å². The van der Waals surface area contributed by atoms with E-state index in [2.05, 4.69) is 20.1 Å². The second-order valence-electron chi connectivity index (χ2n) is 5.38. The number of rotatable bonds is 6. The molecule has 0 fully saturated rings. The summed E-state index contributed by atoms with van der Waals surface area (Å²) in [6.45, 7) is 5.11. The number of carbonyl (C=O) groups excluding carboxylic acids is 2. The molecule has 0 radical (unpaired) electrons. The molecule has 126 valence electrons. The summed E-state index contributed by atoms with van der Waals surface area (Å²) in [5.41, 5.74) is 2.56. The number of carbonyl (C=O) groups is 2. The molecule has 1 aromatic carbocycles. The first-order chi connectivity index (χ1) is 11.2. The third-order valence-electron chi connectivity index (χ3n) is 3.64. The van der Waals surface area contributed by atoms with E-state index in [4.69, 9.17) is 0 Å². The van der Waals surface area contributed by atoms with Crippen LogP contribution in [0, 0.1) is 0 Å². The van der Waals surface area contributed by atoms with Gasteiger partial charge in [-0.2, -0.15) is 0 Å². The number of halogens is 2. The van der Waals surface area contributed by atoms with E-state index in [0.717, 1.165) is 28.4 Å². The van der Waals surface area contributed by atoms with Crippen LogP contribution < -0.4 is 43.0 Å². The van der Waals surface area contributed by atoms with Gasteiger partial charge in [0.25, 0.3) is 0 Å². The number of fused-ring (bicyclic) bond motifs is 1. The molecule has 1 aromatic rings. The van der Waals surface area contributed by atoms with Crippen LogP contribution in [0.5, 0.6) is 0 Å². The van der Waals surface area contributed by atoms with Crippen LogP contribution in [-0.4, -0.2) is 33.3 Å². The molecule has 0 N–H and O–H groups in total. The zero-order valence-corrected chi connectivity index (χ0v) is 17.6. The third-order valence-corrected chi connectivity index (χ3v) is 9.98. The Morgan fingerprint density at radius 2 is 1.30 bits per heavy atom. The van der Waals surface area contributed by atoms with Crippen molar-refractivity contribution in [3.63, 3.8) is 0 Å². The first kappa shape index (κ1) is 17.2. The van der Waals surface area contributed by atoms with Gasteiger partial charge in [0.05, 0.1) is 0 Å². The minimum atomic E-state index is -0.227. The normalized spacial score (nSPS) is 17.3. The molecule has 2 aliphatic rings. The molecule has 0 saturated heterocycles. The van der Waals surface area contributed by atoms with Gasteiger partial charge in [-0.1, -0.05) is 0 Å². The monoisotopic (exact) mass is 538 g/mol. The molecule has 0 atom stereocenters. The Labute approximate surface area is 158 Å². The number of ketones is 2. The van der Waals surface area contributed by atoms with Crippen LogP contribution in [0.3, 0.4) is 0 Å². The van der Waals surface area contributed by atoms with E-state index in [1.54, 1.807) is 12.1 Å². The Hall–Kier alpha value is -0.640. The molecule has 0 bridgehead atoms. The van der Waals surface area contributed by atoms with Crippen molar-refractivity contribution >= 4 is 11.6 Å². The van der Waals surface area contributed by atoms with Crippen molar-refractivity contribution in [2.45, 2.75) is 26.7 Å². The molecule has 1 aliphatic carbocycles. The maximum atomic E-state index is 13.0. The summed E-state index contributed by atoms with van der Waals surface area (Å²) in [4.78, 5) is 26.0. The summed E-state index contributed by atoms with van der Waals surface area (Å²) in [5.74, 6) is 0.100. The molecule has 1 aliphatic heterocycles. The van der Waals surface area contributed by atoms with E-state index in [9.17, 15) is 9.59 Å². The van der Waals surface area contributed by atoms with E-state index in [0.29, 0.717) is 22.5 Å². The Morgan fingerprint density at radius 1 is 0.870 bits per heavy atom. The van der Waals surface area contributed by atoms with Gasteiger partial charge in [0.2, 0.25) is 0 Å². The molecule has 3 rings (SSSR count). The standard InChI is InChI=1S/C17H20I2N2O2/c1-3-9-18-20-11-21(19-10-4-2)15-14(20)16(22)12-7-5-6-8-13(12)17(15)23/h5-8H,3-4,9-11H2,1-2H3/q-2. The number of allylic oxidation sites excluding steroid dienone is 2. The fraction of sp³-hybridized carbons (Fsp3) is 0.412. The number of benzene rings is 1. The summed E-state index contributed by atoms with van der Waals surface area (Å²) in [6, 6.07) is 7.27. The molecule has 0 saturated carbocycles. The maximum absolute atomic E-state index is 13.0. The summed E-state index contributed by atoms with van der Waals surface area (Å²) >= 11 is -0.453. The third kappa shape index (κ3) is 3.16. The fourth-order valence-corrected chi connectivity index (χ4v) is 7.95. The minimum absolute atomic E-state index is 0.0500. The number of alkyl halides is 2. The number of Topliss-reactive ketones (excluding diaryl/α,β-unsaturated/α-hetero) is 2. The predicted molar refractivity (Wildman–Crippen MR) is 81.0 cm³/mol. The molecular weight excluding hydrogens is 518 g/mol. The summed E-state index contributed by atoms with van der Waals surface area (Å²) in [5, 5.41) is 0. The van der Waals surface area contributed by atoms with Gasteiger partial charge in [-0.05, 0) is 0 Å². The van der Waals surface area contributed by atoms with Gasteiger partial charge in [-0.15, -0.1) is 0 Å². The molecule has 0 aromatic heterocycles. The van der Waals surface area contributed by atoms with Crippen molar-refractivity contribution < 1.29 is 52.5 Å². The SMILES string of the molecule is CCC[I-]N1CN([I-]CCC)C2=C1C(=O)c1ccccc1C2=O. The summed E-state index contributed by atoms with van der Waals surface area (Å²) in [6.07, 6.45) is 2.27. The topological polar surface area (TPSA) is 40.6 Å². The number of nitrogens with zero attached hydrogens (tertiary/aromatic N) is 2. The average Bonchev–Trinajstić information content (AvgIpc) is 2.95. The van der Waals surface area contributed by atoms with Crippen LogP contribution in [-0.2, 0) is 0 Å².